The van der Waals surface area contributed by atoms with E-state index in [-0.39, 0.29) is 12.2 Å². The Morgan fingerprint density at radius 1 is 1.08 bits per heavy atom. The van der Waals surface area contributed by atoms with Crippen molar-refractivity contribution < 1.29 is 34.1 Å². The van der Waals surface area contributed by atoms with E-state index < -0.39 is 23.9 Å². The van der Waals surface area contributed by atoms with Crippen LogP contribution in [-0.2, 0) is 30.5 Å². The SMILES string of the molecule is CC=CC(=O)ON[C@@H](Cc1ccc(OOC(=O)C=CC)cc1)C(=O)O. The Bertz CT molecular complexity index is 649. The molecule has 0 bridgehead atoms. The van der Waals surface area contributed by atoms with Gasteiger partial charge >= 0.3 is 17.9 Å². The van der Waals surface area contributed by atoms with Crippen molar-refractivity contribution in [1.82, 2.24) is 5.48 Å². The molecule has 8 nitrogen and oxygen atoms in total. The van der Waals surface area contributed by atoms with Gasteiger partial charge in [0.05, 0.1) is 0 Å². The molecular weight excluding hydrogens is 330 g/mol. The quantitative estimate of drug-likeness (QED) is 0.394. The number of allylic oxidation sites excluding steroid dienone is 2. The van der Waals surface area contributed by atoms with Crippen molar-refractivity contribution in [2.24, 2.45) is 0 Å². The van der Waals surface area contributed by atoms with Gasteiger partial charge in [-0.3, -0.25) is 9.68 Å². The van der Waals surface area contributed by atoms with Crippen LogP contribution in [0.3, 0.4) is 0 Å². The van der Waals surface area contributed by atoms with Crippen LogP contribution < -0.4 is 10.4 Å². The molecule has 8 heteroatoms. The first-order chi connectivity index (χ1) is 12.0. The first-order valence-electron chi connectivity index (χ1n) is 7.38. The molecule has 1 aromatic rings. The zero-order valence-electron chi connectivity index (χ0n) is 13.8. The summed E-state index contributed by atoms with van der Waals surface area (Å²) in [4.78, 5) is 47.5. The van der Waals surface area contributed by atoms with Crippen LogP contribution >= 0.6 is 0 Å². The zero-order valence-corrected chi connectivity index (χ0v) is 13.8. The van der Waals surface area contributed by atoms with Gasteiger partial charge in [0.15, 0.2) is 5.75 Å². The van der Waals surface area contributed by atoms with Crippen LogP contribution in [-0.4, -0.2) is 29.1 Å². The number of carboxylic acids is 1. The summed E-state index contributed by atoms with van der Waals surface area (Å²) in [6, 6.07) is 5.12. The summed E-state index contributed by atoms with van der Waals surface area (Å²) in [7, 11) is 0. The molecule has 0 aliphatic rings. The molecule has 0 spiro atoms. The normalized spacial score (nSPS) is 12.1. The Kier molecular flexibility index (Phi) is 8.45. The van der Waals surface area contributed by atoms with Crippen LogP contribution in [0.5, 0.6) is 5.75 Å². The highest BCUT2D eigenvalue weighted by Gasteiger charge is 2.19. The molecule has 0 aliphatic carbocycles. The fourth-order valence-corrected chi connectivity index (χ4v) is 1.65. The molecule has 2 N–H and O–H groups in total. The third-order valence-corrected chi connectivity index (χ3v) is 2.79. The van der Waals surface area contributed by atoms with E-state index in [0.717, 1.165) is 6.08 Å². The van der Waals surface area contributed by atoms with Crippen LogP contribution in [0.2, 0.25) is 0 Å². The van der Waals surface area contributed by atoms with Crippen molar-refractivity contribution in [3.05, 3.63) is 54.1 Å². The number of hydrogen-bond acceptors (Lipinski definition) is 7. The van der Waals surface area contributed by atoms with Crippen molar-refractivity contribution in [3.8, 4) is 5.75 Å². The van der Waals surface area contributed by atoms with E-state index in [0.29, 0.717) is 5.56 Å². The maximum absolute atomic E-state index is 11.2. The van der Waals surface area contributed by atoms with E-state index >= 15 is 0 Å². The van der Waals surface area contributed by atoms with Crippen molar-refractivity contribution in [3.63, 3.8) is 0 Å². The van der Waals surface area contributed by atoms with Crippen LogP contribution in [0.25, 0.3) is 0 Å². The van der Waals surface area contributed by atoms with Gasteiger partial charge in [0.1, 0.15) is 6.04 Å². The monoisotopic (exact) mass is 349 g/mol. The maximum atomic E-state index is 11.2. The first-order valence-corrected chi connectivity index (χ1v) is 7.38. The summed E-state index contributed by atoms with van der Waals surface area (Å²) in [5.41, 5.74) is 2.86. The second-order valence-corrected chi connectivity index (χ2v) is 4.76. The number of hydroxylamine groups is 1. The Balaban J connectivity index is 2.59. The average Bonchev–Trinajstić information content (AvgIpc) is 2.58. The molecule has 0 saturated carbocycles. The molecule has 0 aliphatic heterocycles. The van der Waals surface area contributed by atoms with Gasteiger partial charge in [0.25, 0.3) is 0 Å². The number of carboxylic acid groups (broad SMARTS) is 1. The smallest absolute Gasteiger partial charge is 0.378 e. The molecule has 0 heterocycles. The third-order valence-electron chi connectivity index (χ3n) is 2.79. The van der Waals surface area contributed by atoms with E-state index in [9.17, 15) is 14.4 Å². The van der Waals surface area contributed by atoms with Gasteiger partial charge in [0.2, 0.25) is 0 Å². The minimum Gasteiger partial charge on any atom is -0.480 e. The first kappa shape index (κ1) is 19.9. The number of carbonyl (C=O) groups excluding carboxylic acids is 2. The number of hydrogen-bond donors (Lipinski definition) is 2. The lowest BCUT2D eigenvalue weighted by Crippen LogP contribution is -2.39. The Hall–Kier alpha value is -3.13. The van der Waals surface area contributed by atoms with Gasteiger partial charge in [-0.15, -0.1) is 5.48 Å². The predicted octanol–water partition coefficient (Wildman–Crippen LogP) is 1.72. The zero-order chi connectivity index (χ0) is 18.7. The van der Waals surface area contributed by atoms with E-state index in [1.54, 1.807) is 26.0 Å². The topological polar surface area (TPSA) is 111 Å². The number of carbonyl (C=O) groups is 3. The number of aliphatic carboxylic acids is 1. The summed E-state index contributed by atoms with van der Waals surface area (Å²) >= 11 is 0. The van der Waals surface area contributed by atoms with Gasteiger partial charge in [-0.05, 0) is 31.5 Å². The second kappa shape index (κ2) is 10.6. The highest BCUT2D eigenvalue weighted by atomic mass is 17.2. The van der Waals surface area contributed by atoms with Crippen LogP contribution in [0.4, 0.5) is 0 Å². The van der Waals surface area contributed by atoms with Gasteiger partial charge in [0, 0.05) is 18.6 Å². The van der Waals surface area contributed by atoms with Crippen molar-refractivity contribution in [2.45, 2.75) is 26.3 Å². The van der Waals surface area contributed by atoms with Gasteiger partial charge in [-0.2, -0.15) is 0 Å². The highest BCUT2D eigenvalue weighted by molar-refractivity contribution is 5.82. The lowest BCUT2D eigenvalue weighted by atomic mass is 10.1. The third kappa shape index (κ3) is 7.80. The molecule has 0 fully saturated rings. The number of rotatable bonds is 9. The number of benzene rings is 1. The van der Waals surface area contributed by atoms with Crippen LogP contribution in [0, 0.1) is 0 Å². The number of nitrogens with one attached hydrogen (secondary N) is 1. The Morgan fingerprint density at radius 3 is 2.24 bits per heavy atom. The molecule has 1 rings (SSSR count). The molecular formula is C17H19NO7. The standard InChI is InChI=1S/C17H19NO7/c1-3-5-15(19)23-18-14(17(21)22)11-12-7-9-13(10-8-12)24-25-16(20)6-4-2/h3-10,14,18H,11H2,1-2H3,(H,21,22)/t14-/m0/s1. The summed E-state index contributed by atoms with van der Waals surface area (Å²) in [5, 5.41) is 9.17. The van der Waals surface area contributed by atoms with Crippen molar-refractivity contribution in [1.29, 1.82) is 0 Å². The summed E-state index contributed by atoms with van der Waals surface area (Å²) in [6.45, 7) is 3.30. The minimum atomic E-state index is -1.17. The summed E-state index contributed by atoms with van der Waals surface area (Å²) in [6.07, 6.45) is 5.41. The molecule has 0 radical (unpaired) electrons. The predicted molar refractivity (Wildman–Crippen MR) is 87.1 cm³/mol. The van der Waals surface area contributed by atoms with Crippen molar-refractivity contribution >= 4 is 17.9 Å². The van der Waals surface area contributed by atoms with E-state index in [2.05, 4.69) is 15.2 Å². The van der Waals surface area contributed by atoms with Gasteiger partial charge in [-0.1, -0.05) is 24.3 Å². The highest BCUT2D eigenvalue weighted by Crippen LogP contribution is 2.14. The van der Waals surface area contributed by atoms with Gasteiger partial charge < -0.3 is 9.94 Å². The molecule has 0 unspecified atom stereocenters. The van der Waals surface area contributed by atoms with E-state index in [4.69, 9.17) is 9.99 Å². The second-order valence-electron chi connectivity index (χ2n) is 4.76. The Labute approximate surface area is 144 Å². The largest absolute Gasteiger partial charge is 0.480 e. The van der Waals surface area contributed by atoms with Crippen LogP contribution in [0.15, 0.2) is 48.6 Å². The van der Waals surface area contributed by atoms with Crippen LogP contribution in [0.1, 0.15) is 19.4 Å². The molecule has 25 heavy (non-hydrogen) atoms. The van der Waals surface area contributed by atoms with Gasteiger partial charge in [-0.25, -0.2) is 14.5 Å². The minimum absolute atomic E-state index is 0.0666. The van der Waals surface area contributed by atoms with Crippen molar-refractivity contribution in [2.75, 3.05) is 0 Å². The maximum Gasteiger partial charge on any atom is 0.378 e. The fourth-order valence-electron chi connectivity index (χ4n) is 1.65. The van der Waals surface area contributed by atoms with E-state index in [1.807, 2.05) is 0 Å². The fraction of sp³-hybridized carbons (Fsp3) is 0.235. The summed E-state index contributed by atoms with van der Waals surface area (Å²) < 4.78 is 0. The molecule has 134 valence electrons. The van der Waals surface area contributed by atoms with E-state index in [1.165, 1.54) is 30.4 Å². The lowest BCUT2D eigenvalue weighted by Gasteiger charge is -2.13. The molecule has 0 saturated heterocycles. The Morgan fingerprint density at radius 2 is 1.68 bits per heavy atom. The molecule has 0 aromatic heterocycles. The molecule has 0 amide bonds. The molecule has 1 atom stereocenters. The average molecular weight is 349 g/mol. The summed E-state index contributed by atoms with van der Waals surface area (Å²) in [5.74, 6) is -2.24. The molecule has 1 aromatic carbocycles. The lowest BCUT2D eigenvalue weighted by molar-refractivity contribution is -0.207.